The monoisotopic (exact) mass is 417 g/mol. The van der Waals surface area contributed by atoms with Crippen molar-refractivity contribution in [2.24, 2.45) is 17.8 Å². The molecule has 4 unspecified atom stereocenters. The van der Waals surface area contributed by atoms with E-state index in [0.29, 0.717) is 6.04 Å². The SMILES string of the molecule is CC1CCC(C(C)C)C(NC2CCCc3sc(I)cc32)C1. The zero-order valence-electron chi connectivity index (χ0n) is 13.5. The number of nitrogens with one attached hydrogen (secondary N) is 1. The first-order valence-corrected chi connectivity index (χ1v) is 10.5. The lowest BCUT2D eigenvalue weighted by atomic mass is 9.73. The van der Waals surface area contributed by atoms with Crippen LogP contribution in [-0.2, 0) is 6.42 Å². The Bertz CT molecular complexity index is 482. The fourth-order valence-electron chi connectivity index (χ4n) is 4.35. The smallest absolute Gasteiger partial charge is 0.0659 e. The van der Waals surface area contributed by atoms with Crippen LogP contribution in [0.1, 0.15) is 69.4 Å². The van der Waals surface area contributed by atoms with Crippen LogP contribution in [0.25, 0.3) is 0 Å². The highest BCUT2D eigenvalue weighted by Crippen LogP contribution is 2.39. The van der Waals surface area contributed by atoms with Crippen LogP contribution in [-0.4, -0.2) is 6.04 Å². The molecular weight excluding hydrogens is 389 g/mol. The molecule has 1 aromatic rings. The Balaban J connectivity index is 1.75. The topological polar surface area (TPSA) is 12.0 Å². The Hall–Kier alpha value is 0.390. The molecule has 0 saturated heterocycles. The molecule has 2 aliphatic rings. The van der Waals surface area contributed by atoms with E-state index in [9.17, 15) is 0 Å². The standard InChI is InChI=1S/C18H28INS/c1-11(2)13-8-7-12(3)9-16(13)20-15-5-4-6-17-14(15)10-18(19)21-17/h10-13,15-16,20H,4-9H2,1-3H3. The molecule has 0 amide bonds. The molecular formula is C18H28INS. The van der Waals surface area contributed by atoms with E-state index >= 15 is 0 Å². The van der Waals surface area contributed by atoms with Gasteiger partial charge in [0.2, 0.25) is 0 Å². The summed E-state index contributed by atoms with van der Waals surface area (Å²) in [5.74, 6) is 2.56. The van der Waals surface area contributed by atoms with E-state index in [-0.39, 0.29) is 0 Å². The predicted octanol–water partition coefficient (Wildman–Crippen LogP) is 5.78. The maximum atomic E-state index is 4.09. The van der Waals surface area contributed by atoms with Gasteiger partial charge in [-0.1, -0.05) is 27.2 Å². The lowest BCUT2D eigenvalue weighted by Gasteiger charge is -2.40. The third-order valence-electron chi connectivity index (χ3n) is 5.52. The van der Waals surface area contributed by atoms with Gasteiger partial charge in [0.1, 0.15) is 0 Å². The van der Waals surface area contributed by atoms with Crippen molar-refractivity contribution < 1.29 is 0 Å². The fraction of sp³-hybridized carbons (Fsp3) is 0.778. The summed E-state index contributed by atoms with van der Waals surface area (Å²) in [6.45, 7) is 7.26. The summed E-state index contributed by atoms with van der Waals surface area (Å²) in [6, 6.07) is 3.78. The number of thiophene rings is 1. The predicted molar refractivity (Wildman–Crippen MR) is 101 cm³/mol. The molecule has 3 rings (SSSR count). The number of hydrogen-bond donors (Lipinski definition) is 1. The summed E-state index contributed by atoms with van der Waals surface area (Å²) in [7, 11) is 0. The van der Waals surface area contributed by atoms with Crippen LogP contribution in [0, 0.1) is 20.6 Å². The van der Waals surface area contributed by atoms with Gasteiger partial charge in [0.05, 0.1) is 2.88 Å². The summed E-state index contributed by atoms with van der Waals surface area (Å²) in [5.41, 5.74) is 1.62. The van der Waals surface area contributed by atoms with E-state index in [4.69, 9.17) is 0 Å². The van der Waals surface area contributed by atoms with Gasteiger partial charge in [0.25, 0.3) is 0 Å². The van der Waals surface area contributed by atoms with Crippen molar-refractivity contribution in [1.82, 2.24) is 5.32 Å². The van der Waals surface area contributed by atoms with Crippen molar-refractivity contribution in [3.8, 4) is 0 Å². The maximum Gasteiger partial charge on any atom is 0.0659 e. The van der Waals surface area contributed by atoms with Gasteiger partial charge in [-0.25, -0.2) is 0 Å². The van der Waals surface area contributed by atoms with Crippen LogP contribution >= 0.6 is 33.9 Å². The second-order valence-corrected chi connectivity index (χ2v) is 10.5. The second kappa shape index (κ2) is 6.88. The van der Waals surface area contributed by atoms with Gasteiger partial charge in [0, 0.05) is 17.0 Å². The number of rotatable bonds is 3. The number of fused-ring (bicyclic) bond motifs is 1. The molecule has 1 saturated carbocycles. The minimum atomic E-state index is 0.616. The second-order valence-electron chi connectivity index (χ2n) is 7.47. The van der Waals surface area contributed by atoms with Gasteiger partial charge in [-0.3, -0.25) is 0 Å². The molecule has 1 nitrogen and oxygen atoms in total. The first-order valence-electron chi connectivity index (χ1n) is 8.58. The molecule has 0 aliphatic heterocycles. The van der Waals surface area contributed by atoms with Crippen molar-refractivity contribution in [3.63, 3.8) is 0 Å². The van der Waals surface area contributed by atoms with Gasteiger partial charge < -0.3 is 5.32 Å². The van der Waals surface area contributed by atoms with Gasteiger partial charge >= 0.3 is 0 Å². The molecule has 1 fully saturated rings. The lowest BCUT2D eigenvalue weighted by molar-refractivity contribution is 0.155. The van der Waals surface area contributed by atoms with Crippen LogP contribution in [0.4, 0.5) is 0 Å². The largest absolute Gasteiger partial charge is 0.307 e. The van der Waals surface area contributed by atoms with Crippen LogP contribution in [0.3, 0.4) is 0 Å². The van der Waals surface area contributed by atoms with Crippen molar-refractivity contribution in [2.75, 3.05) is 0 Å². The van der Waals surface area contributed by atoms with Gasteiger partial charge in [-0.2, -0.15) is 0 Å². The summed E-state index contributed by atoms with van der Waals surface area (Å²) in [5, 5.41) is 4.09. The van der Waals surface area contributed by atoms with E-state index in [2.05, 4.69) is 54.7 Å². The van der Waals surface area contributed by atoms with Crippen LogP contribution < -0.4 is 5.32 Å². The highest BCUT2D eigenvalue weighted by molar-refractivity contribution is 14.1. The van der Waals surface area contributed by atoms with Crippen molar-refractivity contribution >= 4 is 33.9 Å². The summed E-state index contributed by atoms with van der Waals surface area (Å²) in [6.07, 6.45) is 8.20. The average Bonchev–Trinajstić information content (AvgIpc) is 2.80. The molecule has 21 heavy (non-hydrogen) atoms. The minimum Gasteiger partial charge on any atom is -0.307 e. The van der Waals surface area contributed by atoms with Crippen LogP contribution in [0.15, 0.2) is 6.07 Å². The molecule has 2 aliphatic carbocycles. The zero-order valence-corrected chi connectivity index (χ0v) is 16.5. The Morgan fingerprint density at radius 3 is 2.86 bits per heavy atom. The quantitative estimate of drug-likeness (QED) is 0.615. The summed E-state index contributed by atoms with van der Waals surface area (Å²) < 4.78 is 1.46. The Labute approximate surface area is 147 Å². The number of halogens is 1. The van der Waals surface area contributed by atoms with E-state index in [1.54, 1.807) is 10.4 Å². The average molecular weight is 417 g/mol. The Morgan fingerprint density at radius 1 is 1.29 bits per heavy atom. The summed E-state index contributed by atoms with van der Waals surface area (Å²) >= 11 is 4.50. The molecule has 0 bridgehead atoms. The van der Waals surface area contributed by atoms with Gasteiger partial charge in [-0.05, 0) is 84.1 Å². The van der Waals surface area contributed by atoms with E-state index in [1.165, 1.54) is 41.4 Å². The normalized spacial score (nSPS) is 33.2. The maximum absolute atomic E-state index is 4.09. The molecule has 3 heteroatoms. The lowest BCUT2D eigenvalue weighted by Crippen LogP contribution is -2.44. The molecule has 1 N–H and O–H groups in total. The Kier molecular flexibility index (Phi) is 5.32. The molecule has 0 spiro atoms. The number of aryl methyl sites for hydroxylation is 1. The van der Waals surface area contributed by atoms with Crippen LogP contribution in [0.2, 0.25) is 0 Å². The first kappa shape index (κ1) is 16.3. The zero-order chi connectivity index (χ0) is 15.0. The van der Waals surface area contributed by atoms with Crippen molar-refractivity contribution in [3.05, 3.63) is 19.4 Å². The molecule has 1 aromatic heterocycles. The Morgan fingerprint density at radius 2 is 2.10 bits per heavy atom. The van der Waals surface area contributed by atoms with Crippen molar-refractivity contribution in [2.45, 2.75) is 71.4 Å². The number of hydrogen-bond acceptors (Lipinski definition) is 2. The molecule has 0 radical (unpaired) electrons. The van der Waals surface area contributed by atoms with Gasteiger partial charge in [0.15, 0.2) is 0 Å². The minimum absolute atomic E-state index is 0.616. The van der Waals surface area contributed by atoms with E-state index in [1.807, 2.05) is 11.3 Å². The van der Waals surface area contributed by atoms with E-state index < -0.39 is 0 Å². The van der Waals surface area contributed by atoms with Crippen LogP contribution in [0.5, 0.6) is 0 Å². The van der Waals surface area contributed by atoms with E-state index in [0.717, 1.165) is 23.8 Å². The molecule has 118 valence electrons. The highest BCUT2D eigenvalue weighted by atomic mass is 127. The molecule has 4 atom stereocenters. The third-order valence-corrected chi connectivity index (χ3v) is 7.49. The summed E-state index contributed by atoms with van der Waals surface area (Å²) in [4.78, 5) is 1.65. The molecule has 0 aromatic carbocycles. The first-order chi connectivity index (χ1) is 10.0. The molecule has 1 heterocycles. The van der Waals surface area contributed by atoms with Crippen molar-refractivity contribution in [1.29, 1.82) is 0 Å². The fourth-order valence-corrected chi connectivity index (χ4v) is 6.47. The highest BCUT2D eigenvalue weighted by Gasteiger charge is 2.33. The van der Waals surface area contributed by atoms with Gasteiger partial charge in [-0.15, -0.1) is 11.3 Å². The third kappa shape index (κ3) is 3.66.